The molecule has 0 bridgehead atoms. The molecule has 1 aliphatic carbocycles. The summed E-state index contributed by atoms with van der Waals surface area (Å²) in [6.07, 6.45) is 4.50. The Kier molecular flexibility index (Phi) is 4.98. The van der Waals surface area contributed by atoms with Gasteiger partial charge in [-0.1, -0.05) is 25.9 Å². The number of rotatable bonds is 5. The van der Waals surface area contributed by atoms with Crippen molar-refractivity contribution in [2.75, 3.05) is 6.61 Å². The van der Waals surface area contributed by atoms with Crippen LogP contribution in [-0.4, -0.2) is 28.7 Å². The maximum absolute atomic E-state index is 11.8. The molecule has 2 rings (SSSR count). The maximum Gasteiger partial charge on any atom is 0.417 e. The van der Waals surface area contributed by atoms with E-state index in [0.29, 0.717) is 5.82 Å². The summed E-state index contributed by atoms with van der Waals surface area (Å²) in [7, 11) is 0. The van der Waals surface area contributed by atoms with Crippen LogP contribution in [0.5, 0.6) is 6.08 Å². The van der Waals surface area contributed by atoms with Crippen LogP contribution >= 0.6 is 0 Å². The highest BCUT2D eigenvalue weighted by molar-refractivity contribution is 5.77. The van der Waals surface area contributed by atoms with E-state index in [1.165, 1.54) is 12.8 Å². The van der Waals surface area contributed by atoms with Crippen LogP contribution in [0.2, 0.25) is 0 Å². The summed E-state index contributed by atoms with van der Waals surface area (Å²) >= 11 is 0. The highest BCUT2D eigenvalue weighted by Crippen LogP contribution is 2.23. The number of nitrogens with one attached hydrogen (secondary N) is 1. The van der Waals surface area contributed by atoms with Gasteiger partial charge in [-0.15, -0.1) is 0 Å². The first-order valence-corrected chi connectivity index (χ1v) is 7.30. The molecule has 0 radical (unpaired) electrons. The van der Waals surface area contributed by atoms with Crippen LogP contribution in [0.3, 0.4) is 0 Å². The summed E-state index contributed by atoms with van der Waals surface area (Å²) < 4.78 is 10.1. The van der Waals surface area contributed by atoms with Gasteiger partial charge in [-0.3, -0.25) is 9.32 Å². The second kappa shape index (κ2) is 6.72. The summed E-state index contributed by atoms with van der Waals surface area (Å²) in [5.74, 6) is 1.40. The van der Waals surface area contributed by atoms with E-state index in [1.54, 1.807) is 0 Å². The standard InChI is InChI=1S/C14H23N3O3/c1-9(2)13-16-14(20-17-13)19-8-12(18)15-11-6-4-10(3)5-7-11/h9-11H,4-8H2,1-3H3,(H,15,18). The summed E-state index contributed by atoms with van der Waals surface area (Å²) in [5, 5.41) is 6.76. The fourth-order valence-corrected chi connectivity index (χ4v) is 2.31. The number of hydrogen-bond donors (Lipinski definition) is 1. The molecule has 0 spiro atoms. The minimum absolute atomic E-state index is 0.0566. The lowest BCUT2D eigenvalue weighted by atomic mass is 9.87. The van der Waals surface area contributed by atoms with Gasteiger partial charge in [0.1, 0.15) is 0 Å². The number of amides is 1. The Morgan fingerprint density at radius 3 is 2.70 bits per heavy atom. The van der Waals surface area contributed by atoms with E-state index in [-0.39, 0.29) is 30.6 Å². The molecule has 0 atom stereocenters. The molecule has 20 heavy (non-hydrogen) atoms. The molecule has 1 saturated carbocycles. The van der Waals surface area contributed by atoms with Crippen molar-refractivity contribution >= 4 is 5.91 Å². The molecule has 0 aliphatic heterocycles. The van der Waals surface area contributed by atoms with Crippen molar-refractivity contribution < 1.29 is 14.1 Å². The van der Waals surface area contributed by atoms with Crippen LogP contribution in [0, 0.1) is 5.92 Å². The summed E-state index contributed by atoms with van der Waals surface area (Å²) in [4.78, 5) is 15.8. The first-order valence-electron chi connectivity index (χ1n) is 7.30. The SMILES string of the molecule is CC1CCC(NC(=O)COc2nc(C(C)C)no2)CC1. The molecule has 6 nitrogen and oxygen atoms in total. The number of ether oxygens (including phenoxy) is 1. The van der Waals surface area contributed by atoms with E-state index in [4.69, 9.17) is 9.26 Å². The summed E-state index contributed by atoms with van der Waals surface area (Å²) in [6, 6.07) is 0.274. The van der Waals surface area contributed by atoms with E-state index in [9.17, 15) is 4.79 Å². The zero-order chi connectivity index (χ0) is 14.5. The van der Waals surface area contributed by atoms with E-state index < -0.39 is 0 Å². The smallest absolute Gasteiger partial charge is 0.417 e. The van der Waals surface area contributed by atoms with Gasteiger partial charge in [0.25, 0.3) is 5.91 Å². The van der Waals surface area contributed by atoms with Crippen LogP contribution in [-0.2, 0) is 4.79 Å². The van der Waals surface area contributed by atoms with Crippen LogP contribution in [0.15, 0.2) is 4.52 Å². The zero-order valence-corrected chi connectivity index (χ0v) is 12.4. The molecule has 0 aromatic carbocycles. The molecule has 1 N–H and O–H groups in total. The normalized spacial score (nSPS) is 22.8. The van der Waals surface area contributed by atoms with E-state index in [2.05, 4.69) is 22.4 Å². The van der Waals surface area contributed by atoms with Crippen LogP contribution in [0.25, 0.3) is 0 Å². The van der Waals surface area contributed by atoms with Crippen LogP contribution in [0.1, 0.15) is 58.2 Å². The molecule has 6 heteroatoms. The number of aromatic nitrogens is 2. The minimum Gasteiger partial charge on any atom is -0.439 e. The molecule has 1 aliphatic rings. The van der Waals surface area contributed by atoms with E-state index in [1.807, 2.05) is 13.8 Å². The highest BCUT2D eigenvalue weighted by atomic mass is 16.6. The summed E-state index contributed by atoms with van der Waals surface area (Å²) in [5.41, 5.74) is 0. The Balaban J connectivity index is 1.71. The third-order valence-corrected chi connectivity index (χ3v) is 3.65. The predicted molar refractivity (Wildman–Crippen MR) is 73.4 cm³/mol. The van der Waals surface area contributed by atoms with Gasteiger partial charge in [0.05, 0.1) is 0 Å². The highest BCUT2D eigenvalue weighted by Gasteiger charge is 2.20. The molecule has 0 saturated heterocycles. The van der Waals surface area contributed by atoms with Crippen LogP contribution < -0.4 is 10.1 Å². The van der Waals surface area contributed by atoms with Crippen molar-refractivity contribution in [3.63, 3.8) is 0 Å². The topological polar surface area (TPSA) is 77.2 Å². The Bertz CT molecular complexity index is 437. The second-order valence-electron chi connectivity index (χ2n) is 5.89. The summed E-state index contributed by atoms with van der Waals surface area (Å²) in [6.45, 7) is 6.10. The fourth-order valence-electron chi connectivity index (χ4n) is 2.31. The largest absolute Gasteiger partial charge is 0.439 e. The molecule has 1 heterocycles. The monoisotopic (exact) mass is 281 g/mol. The van der Waals surface area contributed by atoms with Crippen molar-refractivity contribution in [2.45, 2.75) is 58.4 Å². The number of nitrogens with zero attached hydrogens (tertiary/aromatic N) is 2. The van der Waals surface area contributed by atoms with Gasteiger partial charge >= 0.3 is 6.08 Å². The van der Waals surface area contributed by atoms with Gasteiger partial charge in [-0.25, -0.2) is 0 Å². The number of carbonyl (C=O) groups excluding carboxylic acids is 1. The van der Waals surface area contributed by atoms with Gasteiger partial charge in [0.15, 0.2) is 12.4 Å². The molecule has 0 unspecified atom stereocenters. The molecule has 1 aromatic heterocycles. The number of hydrogen-bond acceptors (Lipinski definition) is 5. The predicted octanol–water partition coefficient (Wildman–Crippen LogP) is 2.27. The molecule has 1 aromatic rings. The lowest BCUT2D eigenvalue weighted by Crippen LogP contribution is -2.39. The lowest BCUT2D eigenvalue weighted by molar-refractivity contribution is -0.124. The van der Waals surface area contributed by atoms with Gasteiger partial charge < -0.3 is 10.1 Å². The Labute approximate surface area is 119 Å². The Morgan fingerprint density at radius 2 is 2.10 bits per heavy atom. The third-order valence-electron chi connectivity index (χ3n) is 3.65. The second-order valence-corrected chi connectivity index (χ2v) is 5.89. The van der Waals surface area contributed by atoms with Gasteiger partial charge in [0, 0.05) is 12.0 Å². The minimum atomic E-state index is -0.131. The molecular formula is C14H23N3O3. The van der Waals surface area contributed by atoms with Crippen molar-refractivity contribution in [2.24, 2.45) is 5.92 Å². The van der Waals surface area contributed by atoms with Gasteiger partial charge in [0.2, 0.25) is 0 Å². The molecule has 112 valence electrons. The third kappa shape index (κ3) is 4.21. The number of carbonyl (C=O) groups is 1. The quantitative estimate of drug-likeness (QED) is 0.895. The molecular weight excluding hydrogens is 258 g/mol. The fraction of sp³-hybridized carbons (Fsp3) is 0.786. The van der Waals surface area contributed by atoms with E-state index >= 15 is 0 Å². The van der Waals surface area contributed by atoms with Crippen molar-refractivity contribution in [1.82, 2.24) is 15.5 Å². The Hall–Kier alpha value is -1.59. The lowest BCUT2D eigenvalue weighted by Gasteiger charge is -2.26. The van der Waals surface area contributed by atoms with Crippen molar-refractivity contribution in [3.05, 3.63) is 5.82 Å². The molecule has 1 amide bonds. The maximum atomic E-state index is 11.8. The zero-order valence-electron chi connectivity index (χ0n) is 12.4. The van der Waals surface area contributed by atoms with Gasteiger partial charge in [-0.2, -0.15) is 4.98 Å². The first-order chi connectivity index (χ1) is 9.54. The van der Waals surface area contributed by atoms with Crippen molar-refractivity contribution in [1.29, 1.82) is 0 Å². The van der Waals surface area contributed by atoms with Gasteiger partial charge in [-0.05, 0) is 31.6 Å². The van der Waals surface area contributed by atoms with Crippen molar-refractivity contribution in [3.8, 4) is 6.08 Å². The average molecular weight is 281 g/mol. The average Bonchev–Trinajstić information content (AvgIpc) is 2.88. The van der Waals surface area contributed by atoms with E-state index in [0.717, 1.165) is 18.8 Å². The van der Waals surface area contributed by atoms with Crippen LogP contribution in [0.4, 0.5) is 0 Å². The first kappa shape index (κ1) is 14.8. The molecule has 1 fully saturated rings. The Morgan fingerprint density at radius 1 is 1.40 bits per heavy atom.